The van der Waals surface area contributed by atoms with Crippen LogP contribution in [0.1, 0.15) is 5.56 Å². The van der Waals surface area contributed by atoms with Crippen molar-refractivity contribution in [3.8, 4) is 5.75 Å². The number of hydrogen-bond donors (Lipinski definition) is 1. The molecule has 1 aromatic rings. The maximum absolute atomic E-state index is 8.86. The molecule has 0 saturated carbocycles. The Morgan fingerprint density at radius 2 is 2.31 bits per heavy atom. The van der Waals surface area contributed by atoms with Crippen molar-refractivity contribution in [3.63, 3.8) is 0 Å². The number of hydrogen-bond acceptors (Lipinski definition) is 3. The Morgan fingerprint density at radius 3 is 2.85 bits per heavy atom. The highest BCUT2D eigenvalue weighted by Crippen LogP contribution is 2.23. The molecule has 1 N–H and O–H groups in total. The van der Waals surface area contributed by atoms with Gasteiger partial charge in [-0.15, -0.1) is 0 Å². The van der Waals surface area contributed by atoms with Crippen molar-refractivity contribution in [1.82, 2.24) is 0 Å². The third kappa shape index (κ3) is 2.37. The van der Waals surface area contributed by atoms with Gasteiger partial charge in [0.25, 0.3) is 0 Å². The first kappa shape index (κ1) is 9.38. The molecule has 1 rings (SSSR count). The van der Waals surface area contributed by atoms with Crippen molar-refractivity contribution in [2.24, 2.45) is 5.11 Å². The molecule has 0 aliphatic heterocycles. The van der Waals surface area contributed by atoms with Crippen molar-refractivity contribution in [2.75, 3.05) is 7.11 Å². The minimum absolute atomic E-state index is 0.106. The van der Waals surface area contributed by atoms with Gasteiger partial charge in [0, 0.05) is 10.6 Å². The predicted octanol–water partition coefficient (Wildman–Crippen LogP) is 2.13. The van der Waals surface area contributed by atoms with E-state index in [9.17, 15) is 0 Å². The zero-order chi connectivity index (χ0) is 9.68. The van der Waals surface area contributed by atoms with Gasteiger partial charge in [0.05, 0.1) is 13.7 Å². The summed E-state index contributed by atoms with van der Waals surface area (Å²) in [6.45, 7) is -0.106. The first-order valence-electron chi connectivity index (χ1n) is 3.64. The smallest absolute Gasteiger partial charge is 0.119 e. The van der Waals surface area contributed by atoms with Gasteiger partial charge in [-0.05, 0) is 29.3 Å². The number of azide groups is 1. The van der Waals surface area contributed by atoms with E-state index >= 15 is 0 Å². The van der Waals surface area contributed by atoms with Gasteiger partial charge in [-0.2, -0.15) is 0 Å². The average molecular weight is 179 g/mol. The summed E-state index contributed by atoms with van der Waals surface area (Å²) in [4.78, 5) is 2.64. The summed E-state index contributed by atoms with van der Waals surface area (Å²) in [6, 6.07) is 4.87. The molecule has 68 valence electrons. The van der Waals surface area contributed by atoms with Crippen LogP contribution in [0.4, 0.5) is 5.69 Å². The molecule has 0 atom stereocenters. The van der Waals surface area contributed by atoms with Gasteiger partial charge in [-0.1, -0.05) is 5.11 Å². The summed E-state index contributed by atoms with van der Waals surface area (Å²) in [5, 5.41) is 12.3. The summed E-state index contributed by atoms with van der Waals surface area (Å²) in [7, 11) is 1.51. The largest absolute Gasteiger partial charge is 0.497 e. The Kier molecular flexibility index (Phi) is 3.14. The second-order valence-corrected chi connectivity index (χ2v) is 2.39. The molecular weight excluding hydrogens is 170 g/mol. The summed E-state index contributed by atoms with van der Waals surface area (Å²) in [5.41, 5.74) is 9.29. The molecule has 0 saturated heterocycles. The molecule has 0 fully saturated rings. The van der Waals surface area contributed by atoms with Crippen molar-refractivity contribution in [1.29, 1.82) is 0 Å². The second kappa shape index (κ2) is 4.35. The average Bonchev–Trinajstić information content (AvgIpc) is 2.17. The summed E-state index contributed by atoms with van der Waals surface area (Å²) in [6.07, 6.45) is 0. The van der Waals surface area contributed by atoms with E-state index in [1.54, 1.807) is 18.2 Å². The van der Waals surface area contributed by atoms with Crippen LogP contribution in [0.15, 0.2) is 23.3 Å². The summed E-state index contributed by atoms with van der Waals surface area (Å²) >= 11 is 0. The van der Waals surface area contributed by atoms with E-state index in [4.69, 9.17) is 15.4 Å². The van der Waals surface area contributed by atoms with E-state index in [1.807, 2.05) is 0 Å². The fraction of sp³-hybridized carbons (Fsp3) is 0.250. The fourth-order valence-corrected chi connectivity index (χ4v) is 0.962. The Morgan fingerprint density at radius 1 is 1.54 bits per heavy atom. The monoisotopic (exact) mass is 179 g/mol. The first-order valence-corrected chi connectivity index (χ1v) is 3.64. The number of benzene rings is 1. The third-order valence-corrected chi connectivity index (χ3v) is 1.53. The molecule has 0 bridgehead atoms. The minimum atomic E-state index is -0.106. The lowest BCUT2D eigenvalue weighted by atomic mass is 10.2. The normalized spacial score (nSPS) is 9.08. The molecule has 0 unspecified atom stereocenters. The van der Waals surface area contributed by atoms with Crippen LogP contribution in [0.25, 0.3) is 10.4 Å². The van der Waals surface area contributed by atoms with Crippen LogP contribution in [-0.4, -0.2) is 12.2 Å². The van der Waals surface area contributed by atoms with Crippen molar-refractivity contribution >= 4 is 5.69 Å². The van der Waals surface area contributed by atoms with Gasteiger partial charge in [0.1, 0.15) is 5.75 Å². The molecule has 0 radical (unpaired) electrons. The lowest BCUT2D eigenvalue weighted by molar-refractivity contribution is 0.281. The zero-order valence-corrected chi connectivity index (χ0v) is 7.14. The van der Waals surface area contributed by atoms with E-state index in [2.05, 4.69) is 10.0 Å². The van der Waals surface area contributed by atoms with Crippen molar-refractivity contribution in [3.05, 3.63) is 34.2 Å². The molecular formula is C8H9N3O2. The van der Waals surface area contributed by atoms with E-state index in [0.717, 1.165) is 0 Å². The Hall–Kier alpha value is -1.71. The number of aliphatic hydroxyl groups is 1. The number of aliphatic hydroxyl groups excluding tert-OH is 1. The fourth-order valence-electron chi connectivity index (χ4n) is 0.962. The van der Waals surface area contributed by atoms with Crippen LogP contribution in [0, 0.1) is 0 Å². The van der Waals surface area contributed by atoms with Gasteiger partial charge in [0.2, 0.25) is 0 Å². The van der Waals surface area contributed by atoms with Crippen LogP contribution in [-0.2, 0) is 6.61 Å². The summed E-state index contributed by atoms with van der Waals surface area (Å²) in [5.74, 6) is 0.564. The highest BCUT2D eigenvalue weighted by Gasteiger charge is 1.98. The highest BCUT2D eigenvalue weighted by molar-refractivity contribution is 5.46. The maximum atomic E-state index is 8.86. The lowest BCUT2D eigenvalue weighted by Gasteiger charge is -2.03. The van der Waals surface area contributed by atoms with Crippen molar-refractivity contribution < 1.29 is 9.84 Å². The van der Waals surface area contributed by atoms with E-state index in [-0.39, 0.29) is 6.61 Å². The van der Waals surface area contributed by atoms with Gasteiger partial charge >= 0.3 is 0 Å². The van der Waals surface area contributed by atoms with E-state index in [0.29, 0.717) is 17.0 Å². The molecule has 0 aliphatic rings. The molecule has 0 aromatic heterocycles. The SMILES string of the molecule is COc1cc(CO)cc(N=[N+]=[N-])c1. The third-order valence-electron chi connectivity index (χ3n) is 1.53. The number of rotatable bonds is 3. The molecule has 0 aliphatic carbocycles. The van der Waals surface area contributed by atoms with Crippen molar-refractivity contribution in [2.45, 2.75) is 6.61 Å². The predicted molar refractivity (Wildman–Crippen MR) is 47.7 cm³/mol. The quantitative estimate of drug-likeness (QED) is 0.438. The van der Waals surface area contributed by atoms with E-state index < -0.39 is 0 Å². The van der Waals surface area contributed by atoms with Gasteiger partial charge < -0.3 is 9.84 Å². The molecule has 13 heavy (non-hydrogen) atoms. The lowest BCUT2D eigenvalue weighted by Crippen LogP contribution is -1.86. The molecule has 0 spiro atoms. The zero-order valence-electron chi connectivity index (χ0n) is 7.14. The number of nitrogens with zero attached hydrogens (tertiary/aromatic N) is 3. The van der Waals surface area contributed by atoms with Crippen LogP contribution >= 0.6 is 0 Å². The highest BCUT2D eigenvalue weighted by atomic mass is 16.5. The van der Waals surface area contributed by atoms with Gasteiger partial charge in [-0.25, -0.2) is 0 Å². The van der Waals surface area contributed by atoms with Crippen LogP contribution in [0.2, 0.25) is 0 Å². The minimum Gasteiger partial charge on any atom is -0.497 e. The molecule has 5 nitrogen and oxygen atoms in total. The summed E-state index contributed by atoms with van der Waals surface area (Å²) < 4.78 is 4.95. The van der Waals surface area contributed by atoms with Crippen LogP contribution in [0.3, 0.4) is 0 Å². The molecule has 0 amide bonds. The van der Waals surface area contributed by atoms with Gasteiger partial charge in [-0.3, -0.25) is 0 Å². The molecule has 1 aromatic carbocycles. The molecule has 0 heterocycles. The van der Waals surface area contributed by atoms with Crippen LogP contribution < -0.4 is 4.74 Å². The number of methoxy groups -OCH3 is 1. The Labute approximate surface area is 75.2 Å². The maximum Gasteiger partial charge on any atom is 0.119 e. The number of ether oxygens (including phenoxy) is 1. The molecule has 5 heteroatoms. The Balaban J connectivity index is 3.14. The van der Waals surface area contributed by atoms with Crippen LogP contribution in [0.5, 0.6) is 5.75 Å². The first-order chi connectivity index (χ1) is 6.30. The second-order valence-electron chi connectivity index (χ2n) is 2.39. The van der Waals surface area contributed by atoms with Gasteiger partial charge in [0.15, 0.2) is 0 Å². The van der Waals surface area contributed by atoms with E-state index in [1.165, 1.54) is 7.11 Å². The topological polar surface area (TPSA) is 78.2 Å². The standard InChI is InChI=1S/C8H9N3O2/c1-13-8-3-6(5-12)2-7(4-8)10-11-9/h2-4,12H,5H2,1H3. The Bertz CT molecular complexity index is 323.